The van der Waals surface area contributed by atoms with Crippen LogP contribution < -0.4 is 17.2 Å². The Kier molecular flexibility index (Phi) is 6.73. The third kappa shape index (κ3) is 6.04. The van der Waals surface area contributed by atoms with Gasteiger partial charge in [0.1, 0.15) is 5.54 Å². The van der Waals surface area contributed by atoms with Gasteiger partial charge in [-0.05, 0) is 19.3 Å². The molecule has 0 aliphatic rings. The van der Waals surface area contributed by atoms with Crippen molar-refractivity contribution >= 4 is 17.9 Å². The van der Waals surface area contributed by atoms with Crippen molar-refractivity contribution < 1.29 is 19.4 Å². The first-order chi connectivity index (χ1) is 8.31. The number of nitrogens with two attached hydrogens (primary N) is 3. The predicted molar refractivity (Wildman–Crippen MR) is 65.0 cm³/mol. The highest BCUT2D eigenvalue weighted by atomic mass is 17.2. The molecule has 0 rings (SSSR count). The zero-order valence-electron chi connectivity index (χ0n) is 10.6. The number of nitrogens with zero attached hydrogens (tertiary/aromatic N) is 1. The van der Waals surface area contributed by atoms with E-state index in [-0.39, 0.29) is 5.96 Å². The molecule has 0 amide bonds. The highest BCUT2D eigenvalue weighted by Gasteiger charge is 2.35. The minimum absolute atomic E-state index is 0.0170. The van der Waals surface area contributed by atoms with Gasteiger partial charge in [0.15, 0.2) is 5.96 Å². The fourth-order valence-corrected chi connectivity index (χ4v) is 1.21. The summed E-state index contributed by atoms with van der Waals surface area (Å²) >= 11 is 0. The highest BCUT2D eigenvalue weighted by molar-refractivity contribution is 5.80. The maximum absolute atomic E-state index is 11.6. The van der Waals surface area contributed by atoms with E-state index in [0.717, 1.165) is 6.92 Å². The molecular weight excluding hydrogens is 240 g/mol. The summed E-state index contributed by atoms with van der Waals surface area (Å²) in [5.41, 5.74) is 15.0. The van der Waals surface area contributed by atoms with Gasteiger partial charge in [0.05, 0.1) is 0 Å². The van der Waals surface area contributed by atoms with E-state index in [0.29, 0.717) is 25.8 Å². The van der Waals surface area contributed by atoms with Crippen molar-refractivity contribution in [3.63, 3.8) is 0 Å². The topological polar surface area (TPSA) is 143 Å². The minimum Gasteiger partial charge on any atom is -0.370 e. The van der Waals surface area contributed by atoms with E-state index in [1.807, 2.05) is 0 Å². The Morgan fingerprint density at radius 3 is 2.33 bits per heavy atom. The molecule has 0 aromatic carbocycles. The molecule has 104 valence electrons. The summed E-state index contributed by atoms with van der Waals surface area (Å²) in [6.07, 6.45) is 1.17. The second kappa shape index (κ2) is 7.49. The summed E-state index contributed by atoms with van der Waals surface area (Å²) in [5, 5.41) is 0. The van der Waals surface area contributed by atoms with Crippen LogP contribution in [0.15, 0.2) is 4.99 Å². The second-order valence-corrected chi connectivity index (χ2v) is 3.87. The third-order valence-corrected chi connectivity index (χ3v) is 2.35. The van der Waals surface area contributed by atoms with Gasteiger partial charge in [0, 0.05) is 13.5 Å². The molecule has 0 bridgehead atoms. The minimum atomic E-state index is -1.21. The fourth-order valence-electron chi connectivity index (χ4n) is 1.21. The van der Waals surface area contributed by atoms with Gasteiger partial charge < -0.3 is 17.2 Å². The van der Waals surface area contributed by atoms with Crippen molar-refractivity contribution in [3.8, 4) is 0 Å². The quantitative estimate of drug-likeness (QED) is 0.186. The number of rotatable bonds is 6. The van der Waals surface area contributed by atoms with E-state index >= 15 is 0 Å². The fraction of sp³-hybridized carbons (Fsp3) is 0.700. The van der Waals surface area contributed by atoms with Crippen molar-refractivity contribution in [2.45, 2.75) is 38.6 Å². The lowest BCUT2D eigenvalue weighted by molar-refractivity contribution is -0.261. The molecule has 0 heterocycles. The average Bonchev–Trinajstić information content (AvgIpc) is 2.30. The number of carbonyl (C=O) groups is 2. The lowest BCUT2D eigenvalue weighted by atomic mass is 9.92. The van der Waals surface area contributed by atoms with E-state index < -0.39 is 17.5 Å². The molecule has 0 fully saturated rings. The van der Waals surface area contributed by atoms with Crippen LogP contribution in [0.2, 0.25) is 0 Å². The Morgan fingerprint density at radius 2 is 1.89 bits per heavy atom. The van der Waals surface area contributed by atoms with Crippen molar-refractivity contribution in [1.29, 1.82) is 0 Å². The molecule has 8 heteroatoms. The number of hydrogen-bond donors (Lipinski definition) is 3. The lowest BCUT2D eigenvalue weighted by Crippen LogP contribution is -2.48. The Bertz CT molecular complexity index is 328. The number of carbonyl (C=O) groups excluding carboxylic acids is 2. The van der Waals surface area contributed by atoms with Crippen LogP contribution >= 0.6 is 0 Å². The van der Waals surface area contributed by atoms with Crippen molar-refractivity contribution in [2.75, 3.05) is 6.54 Å². The van der Waals surface area contributed by atoms with Crippen LogP contribution in [0, 0.1) is 0 Å². The third-order valence-electron chi connectivity index (χ3n) is 2.35. The van der Waals surface area contributed by atoms with E-state index in [9.17, 15) is 9.59 Å². The molecule has 6 N–H and O–H groups in total. The largest absolute Gasteiger partial charge is 0.375 e. The Morgan fingerprint density at radius 1 is 1.28 bits per heavy atom. The zero-order chi connectivity index (χ0) is 14.2. The maximum atomic E-state index is 11.6. The predicted octanol–water partition coefficient (Wildman–Crippen LogP) is -0.831. The molecule has 0 aliphatic carbocycles. The molecule has 18 heavy (non-hydrogen) atoms. The summed E-state index contributed by atoms with van der Waals surface area (Å²) in [4.78, 5) is 34.4. The average molecular weight is 260 g/mol. The lowest BCUT2D eigenvalue weighted by Gasteiger charge is -2.23. The van der Waals surface area contributed by atoms with Gasteiger partial charge in [-0.1, -0.05) is 6.92 Å². The van der Waals surface area contributed by atoms with Gasteiger partial charge in [0.25, 0.3) is 0 Å². The van der Waals surface area contributed by atoms with Gasteiger partial charge in [-0.15, -0.1) is 0 Å². The van der Waals surface area contributed by atoms with Gasteiger partial charge in [-0.25, -0.2) is 19.4 Å². The molecule has 0 aliphatic heterocycles. The van der Waals surface area contributed by atoms with Crippen molar-refractivity contribution in [3.05, 3.63) is 0 Å². The Hall–Kier alpha value is -1.83. The number of guanidine groups is 1. The second-order valence-electron chi connectivity index (χ2n) is 3.87. The van der Waals surface area contributed by atoms with Gasteiger partial charge in [-0.2, -0.15) is 0 Å². The molecule has 8 nitrogen and oxygen atoms in total. The summed E-state index contributed by atoms with van der Waals surface area (Å²) in [6.45, 7) is 3.22. The van der Waals surface area contributed by atoms with E-state index in [1.165, 1.54) is 0 Å². The molecule has 0 spiro atoms. The normalized spacial score (nSPS) is 13.3. The van der Waals surface area contributed by atoms with Crippen molar-refractivity contribution in [2.24, 2.45) is 22.2 Å². The number of hydrogen-bond acceptors (Lipinski definition) is 6. The van der Waals surface area contributed by atoms with E-state index in [4.69, 9.17) is 17.2 Å². The first kappa shape index (κ1) is 16.2. The number of aliphatic imine (C=N–C) groups is 1. The smallest absolute Gasteiger partial charge is 0.370 e. The van der Waals surface area contributed by atoms with Crippen LogP contribution in [0.1, 0.15) is 33.1 Å². The zero-order valence-corrected chi connectivity index (χ0v) is 10.6. The van der Waals surface area contributed by atoms with Gasteiger partial charge in [-0.3, -0.25) is 4.99 Å². The Balaban J connectivity index is 4.27. The molecule has 0 aromatic rings. The standard InChI is InChI=1S/C10H20N4O4/c1-3-10(13,5-4-6-14-9(11)12)8(16)18-17-7(2)15/h3-6,13H2,1-2H3,(H4,11,12,14)/t10-/m0/s1. The van der Waals surface area contributed by atoms with Crippen LogP contribution in [0.3, 0.4) is 0 Å². The van der Waals surface area contributed by atoms with E-state index in [2.05, 4.69) is 14.8 Å². The highest BCUT2D eigenvalue weighted by Crippen LogP contribution is 2.16. The van der Waals surface area contributed by atoms with Crippen LogP contribution in [0.25, 0.3) is 0 Å². The van der Waals surface area contributed by atoms with Crippen LogP contribution in [-0.4, -0.2) is 30.0 Å². The molecule has 0 unspecified atom stereocenters. The summed E-state index contributed by atoms with van der Waals surface area (Å²) in [7, 11) is 0. The van der Waals surface area contributed by atoms with Gasteiger partial charge >= 0.3 is 11.9 Å². The molecular formula is C10H20N4O4. The van der Waals surface area contributed by atoms with Crippen LogP contribution in [0.4, 0.5) is 0 Å². The SMILES string of the molecule is CC[C@](N)(CCCN=C(N)N)C(=O)OOC(C)=O. The first-order valence-electron chi connectivity index (χ1n) is 5.55. The monoisotopic (exact) mass is 260 g/mol. The molecule has 0 saturated heterocycles. The van der Waals surface area contributed by atoms with E-state index in [1.54, 1.807) is 6.92 Å². The summed E-state index contributed by atoms with van der Waals surface area (Å²) in [5.74, 6) is -1.52. The van der Waals surface area contributed by atoms with Crippen molar-refractivity contribution in [1.82, 2.24) is 0 Å². The summed E-state index contributed by atoms with van der Waals surface area (Å²) < 4.78 is 0. The molecule has 0 aromatic heterocycles. The Labute approximate surface area is 105 Å². The maximum Gasteiger partial charge on any atom is 0.375 e. The molecule has 0 saturated carbocycles. The van der Waals surface area contributed by atoms with Crippen LogP contribution in [0.5, 0.6) is 0 Å². The van der Waals surface area contributed by atoms with Crippen LogP contribution in [-0.2, 0) is 19.4 Å². The first-order valence-corrected chi connectivity index (χ1v) is 5.55. The summed E-state index contributed by atoms with van der Waals surface area (Å²) in [6, 6.07) is 0. The molecule has 1 atom stereocenters. The van der Waals surface area contributed by atoms with Gasteiger partial charge in [0.2, 0.25) is 0 Å². The molecule has 0 radical (unpaired) electrons.